The van der Waals surface area contributed by atoms with Crippen molar-refractivity contribution >= 4 is 5.69 Å². The minimum Gasteiger partial charge on any atom is -0.449 e. The molecule has 0 fully saturated rings. The molecular weight excluding hydrogens is 297 g/mol. The van der Waals surface area contributed by atoms with Crippen LogP contribution in [0.3, 0.4) is 0 Å². The van der Waals surface area contributed by atoms with Gasteiger partial charge in [0.05, 0.1) is 0 Å². The molecule has 0 atom stereocenters. The number of nitrogens with two attached hydrogens (primary N) is 1. The van der Waals surface area contributed by atoms with Crippen LogP contribution < -0.4 is 57.1 Å². The second kappa shape index (κ2) is 37.5. The maximum Gasteiger partial charge on any atom is 1.00 e. The van der Waals surface area contributed by atoms with E-state index in [1.54, 1.807) is 0 Å². The van der Waals surface area contributed by atoms with E-state index in [4.69, 9.17) is 10.8 Å². The molecule has 0 radical (unpaired) electrons. The summed E-state index contributed by atoms with van der Waals surface area (Å²) < 4.78 is 0. The van der Waals surface area contributed by atoms with Gasteiger partial charge in [0.25, 0.3) is 0 Å². The van der Waals surface area contributed by atoms with Gasteiger partial charge in [-0.2, -0.15) is 18.6 Å². The average molecular weight is 337 g/mol. The maximum absolute atomic E-state index is 8.24. The Bertz CT molecular complexity index is 244. The number of hydrogen-bond acceptors (Lipinski definition) is 2. The monoisotopic (exact) mass is 336 g/mol. The van der Waals surface area contributed by atoms with Gasteiger partial charge in [0.2, 0.25) is 0 Å². The molecule has 0 aromatic heterocycles. The second-order valence-corrected chi connectivity index (χ2v) is 3.60. The van der Waals surface area contributed by atoms with Crippen molar-refractivity contribution in [2.75, 3.05) is 12.3 Å². The minimum absolute atomic E-state index is 0. The normalized spacial score (nSPS) is 6.73. The van der Waals surface area contributed by atoms with Crippen molar-refractivity contribution in [1.29, 1.82) is 0 Å². The molecule has 0 aliphatic rings. The van der Waals surface area contributed by atoms with Crippen molar-refractivity contribution in [3.63, 3.8) is 0 Å². The van der Waals surface area contributed by atoms with E-state index in [9.17, 15) is 0 Å². The molecule has 1 rings (SSSR count). The van der Waals surface area contributed by atoms with Crippen molar-refractivity contribution < 1.29 is 56.5 Å². The summed E-state index contributed by atoms with van der Waals surface area (Å²) in [5, 5.41) is 8.24. The third kappa shape index (κ3) is 36.9. The Balaban J connectivity index is -0.0000000414. The molecule has 0 heterocycles. The van der Waals surface area contributed by atoms with Crippen LogP contribution in [0.2, 0.25) is 0 Å². The predicted octanol–water partition coefficient (Wildman–Crippen LogP) is 2.78. The molecule has 128 valence electrons. The van der Waals surface area contributed by atoms with Crippen LogP contribution in [0.4, 0.5) is 5.69 Å². The van der Waals surface area contributed by atoms with Crippen molar-refractivity contribution in [2.24, 2.45) is 5.92 Å². The zero-order valence-electron chi connectivity index (χ0n) is 16.4. The second-order valence-electron chi connectivity index (χ2n) is 3.60. The Morgan fingerprint density at radius 1 is 1.09 bits per heavy atom. The molecule has 0 unspecified atom stereocenters. The van der Waals surface area contributed by atoms with Crippen LogP contribution in [0, 0.1) is 20.3 Å². The van der Waals surface area contributed by atoms with Crippen LogP contribution in [0.1, 0.15) is 53.5 Å². The van der Waals surface area contributed by atoms with E-state index in [-0.39, 0.29) is 58.8 Å². The molecule has 3 heteroatoms. The van der Waals surface area contributed by atoms with Gasteiger partial charge in [-0.05, 0) is 12.3 Å². The molecule has 0 saturated heterocycles. The number of benzene rings is 1. The van der Waals surface area contributed by atoms with Gasteiger partial charge in [-0.15, -0.1) is 19.2 Å². The Labute approximate surface area is 184 Å². The third-order valence-corrected chi connectivity index (χ3v) is 1.76. The van der Waals surface area contributed by atoms with Gasteiger partial charge in [-0.25, -0.2) is 0 Å². The molecule has 1 aromatic carbocycles. The Morgan fingerprint density at radius 3 is 1.59 bits per heavy atom. The van der Waals surface area contributed by atoms with E-state index in [2.05, 4.69) is 33.9 Å². The number of rotatable bonds is 2. The van der Waals surface area contributed by atoms with Crippen LogP contribution >= 0.6 is 0 Å². The van der Waals surface area contributed by atoms with Crippen LogP contribution in [0.15, 0.2) is 37.4 Å². The van der Waals surface area contributed by atoms with Crippen LogP contribution in [-0.4, -0.2) is 11.7 Å². The summed E-state index contributed by atoms with van der Waals surface area (Å²) in [5.74, 6) is 0.648. The van der Waals surface area contributed by atoms with Crippen molar-refractivity contribution in [1.82, 2.24) is 0 Å². The number of aliphatic hydroxyl groups is 1. The van der Waals surface area contributed by atoms with E-state index in [1.807, 2.05) is 52.0 Å². The molecule has 0 aliphatic carbocycles. The summed E-state index contributed by atoms with van der Waals surface area (Å²) in [6.45, 7) is 22.2. The number of anilines is 1. The van der Waals surface area contributed by atoms with Crippen LogP contribution in [0.5, 0.6) is 0 Å². The third-order valence-electron chi connectivity index (χ3n) is 1.76. The van der Waals surface area contributed by atoms with Gasteiger partial charge in [0.15, 0.2) is 0 Å². The molecule has 0 amide bonds. The molecule has 0 saturated carbocycles. The molecule has 3 N–H and O–H groups in total. The smallest absolute Gasteiger partial charge is 0.449 e. The molecule has 1 aromatic rings. The SMILES string of the molecule is C=C.CC.CC.CC(C)CCO.[CH2-]c1ccccc1N.[CH3-].[K+]. The summed E-state index contributed by atoms with van der Waals surface area (Å²) in [6, 6.07) is 7.53. The average Bonchev–Trinajstić information content (AvgIpc) is 2.49. The number of para-hydroxylation sites is 1. The van der Waals surface area contributed by atoms with Crippen molar-refractivity contribution in [3.05, 3.63) is 57.3 Å². The standard InChI is InChI=1S/C7H8N.C5H12O.2C2H6.C2H4.CH3.K/c1-6-4-2-3-5-7(6)8;1-5(2)3-4-6;3*1-2;;/h2-5H,1,8H2;5-6H,3-4H2,1-2H3;2*1-2H3;1-2H2;1H3;/q-1;;;;;-1;+1. The Kier molecular flexibility index (Phi) is 64.8. The van der Waals surface area contributed by atoms with Gasteiger partial charge in [0, 0.05) is 6.61 Å². The van der Waals surface area contributed by atoms with E-state index < -0.39 is 0 Å². The largest absolute Gasteiger partial charge is 1.00 e. The summed E-state index contributed by atoms with van der Waals surface area (Å²) in [7, 11) is 0. The van der Waals surface area contributed by atoms with E-state index >= 15 is 0 Å². The first-order valence-corrected chi connectivity index (χ1v) is 7.35. The van der Waals surface area contributed by atoms with E-state index in [0.717, 1.165) is 17.7 Å². The fourth-order valence-corrected chi connectivity index (χ4v) is 0.792. The molecular formula is C19H39KNO-. The van der Waals surface area contributed by atoms with Crippen molar-refractivity contribution in [2.45, 2.75) is 48.0 Å². The fourth-order valence-electron chi connectivity index (χ4n) is 0.792. The molecule has 0 aliphatic heterocycles. The first-order chi connectivity index (χ1) is 9.57. The molecule has 0 spiro atoms. The fraction of sp³-hybridized carbons (Fsp3) is 0.474. The van der Waals surface area contributed by atoms with Gasteiger partial charge >= 0.3 is 51.4 Å². The zero-order valence-corrected chi connectivity index (χ0v) is 19.6. The van der Waals surface area contributed by atoms with Crippen LogP contribution in [-0.2, 0) is 0 Å². The van der Waals surface area contributed by atoms with Crippen molar-refractivity contribution in [3.8, 4) is 0 Å². The minimum atomic E-state index is 0. The summed E-state index contributed by atoms with van der Waals surface area (Å²) in [6.07, 6.45) is 0.931. The summed E-state index contributed by atoms with van der Waals surface area (Å²) >= 11 is 0. The quantitative estimate of drug-likeness (QED) is 0.377. The molecule has 0 bridgehead atoms. The first kappa shape index (κ1) is 38.0. The van der Waals surface area contributed by atoms with Gasteiger partial charge in [-0.1, -0.05) is 59.4 Å². The zero-order chi connectivity index (χ0) is 17.0. The topological polar surface area (TPSA) is 46.2 Å². The number of aliphatic hydroxyl groups excluding tert-OH is 1. The van der Waals surface area contributed by atoms with Gasteiger partial charge in [-0.3, -0.25) is 0 Å². The van der Waals surface area contributed by atoms with Crippen LogP contribution in [0.25, 0.3) is 0 Å². The number of nitrogen functional groups attached to an aromatic ring is 1. The summed E-state index contributed by atoms with van der Waals surface area (Å²) in [5.41, 5.74) is 7.11. The number of hydrogen-bond donors (Lipinski definition) is 2. The van der Waals surface area contributed by atoms with E-state index in [1.165, 1.54) is 0 Å². The molecule has 22 heavy (non-hydrogen) atoms. The predicted molar refractivity (Wildman–Crippen MR) is 102 cm³/mol. The first-order valence-electron chi connectivity index (χ1n) is 7.35. The van der Waals surface area contributed by atoms with Gasteiger partial charge < -0.3 is 18.3 Å². The maximum atomic E-state index is 8.24. The van der Waals surface area contributed by atoms with Gasteiger partial charge in [0.1, 0.15) is 0 Å². The summed E-state index contributed by atoms with van der Waals surface area (Å²) in [4.78, 5) is 0. The Hall–Kier alpha value is 0.226. The Morgan fingerprint density at radius 2 is 1.45 bits per heavy atom. The molecule has 2 nitrogen and oxygen atoms in total. The van der Waals surface area contributed by atoms with E-state index in [0.29, 0.717) is 12.5 Å².